The van der Waals surface area contributed by atoms with Crippen LogP contribution in [0, 0.1) is 11.3 Å². The first-order valence-electron chi connectivity index (χ1n) is 5.00. The summed E-state index contributed by atoms with van der Waals surface area (Å²) in [7, 11) is 1.34. The van der Waals surface area contributed by atoms with Crippen molar-refractivity contribution in [2.75, 3.05) is 20.2 Å². The van der Waals surface area contributed by atoms with Gasteiger partial charge in [0.2, 0.25) is 0 Å². The molecule has 0 bridgehead atoms. The molecule has 0 radical (unpaired) electrons. The molecule has 1 rings (SSSR count). The number of methoxy groups -OCH3 is 1. The molecule has 0 saturated heterocycles. The molecule has 16 heavy (non-hydrogen) atoms. The lowest BCUT2D eigenvalue weighted by Gasteiger charge is -2.09. The Morgan fingerprint density at radius 3 is 2.75 bits per heavy atom. The van der Waals surface area contributed by atoms with E-state index in [2.05, 4.69) is 16.1 Å². The van der Waals surface area contributed by atoms with Gasteiger partial charge >= 0.3 is 5.97 Å². The molecule has 0 aliphatic rings. The van der Waals surface area contributed by atoms with E-state index >= 15 is 0 Å². The molecule has 1 unspecified atom stereocenters. The summed E-state index contributed by atoms with van der Waals surface area (Å²) in [5.41, 5.74) is 0.947. The summed E-state index contributed by atoms with van der Waals surface area (Å²) in [5, 5.41) is 11.9. The maximum absolute atomic E-state index is 10.9. The number of carbonyl (C=O) groups excluding carboxylic acids is 1. The lowest BCUT2D eigenvalue weighted by atomic mass is 10.0. The van der Waals surface area contributed by atoms with Gasteiger partial charge in [-0.2, -0.15) is 5.26 Å². The van der Waals surface area contributed by atoms with Crippen molar-refractivity contribution in [3.05, 3.63) is 35.9 Å². The van der Waals surface area contributed by atoms with Gasteiger partial charge in [0.1, 0.15) is 0 Å². The van der Waals surface area contributed by atoms with E-state index in [1.165, 1.54) is 7.11 Å². The van der Waals surface area contributed by atoms with Gasteiger partial charge < -0.3 is 10.1 Å². The molecular formula is C12H14N2O2. The Morgan fingerprint density at radius 1 is 1.50 bits per heavy atom. The minimum absolute atomic E-state index is 0.127. The zero-order valence-electron chi connectivity index (χ0n) is 9.14. The van der Waals surface area contributed by atoms with Crippen LogP contribution in [0.2, 0.25) is 0 Å². The molecule has 0 heterocycles. The van der Waals surface area contributed by atoms with Crippen molar-refractivity contribution in [1.29, 1.82) is 5.26 Å². The molecule has 1 N–H and O–H groups in total. The Hall–Kier alpha value is -1.86. The van der Waals surface area contributed by atoms with Gasteiger partial charge in [0.25, 0.3) is 0 Å². The molecule has 0 fully saturated rings. The molecule has 1 atom stereocenters. The number of benzene rings is 1. The highest BCUT2D eigenvalue weighted by atomic mass is 16.5. The van der Waals surface area contributed by atoms with Crippen LogP contribution in [-0.4, -0.2) is 26.2 Å². The van der Waals surface area contributed by atoms with Gasteiger partial charge in [0, 0.05) is 6.54 Å². The standard InChI is InChI=1S/C12H14N2O2/c1-16-12(15)9-14-8-11(7-13)10-5-3-2-4-6-10/h2-6,11,14H,8-9H2,1H3. The number of esters is 1. The summed E-state index contributed by atoms with van der Waals surface area (Å²) in [4.78, 5) is 10.9. The Morgan fingerprint density at radius 2 is 2.19 bits per heavy atom. The van der Waals surface area contributed by atoms with Crippen molar-refractivity contribution in [2.24, 2.45) is 0 Å². The number of nitrogens with one attached hydrogen (secondary N) is 1. The third-order valence-electron chi connectivity index (χ3n) is 2.20. The van der Waals surface area contributed by atoms with Crippen molar-refractivity contribution in [3.63, 3.8) is 0 Å². The van der Waals surface area contributed by atoms with Gasteiger partial charge in [-0.3, -0.25) is 4.79 Å². The number of hydrogen-bond acceptors (Lipinski definition) is 4. The Kier molecular flexibility index (Phi) is 5.03. The van der Waals surface area contributed by atoms with E-state index in [1.54, 1.807) is 0 Å². The largest absolute Gasteiger partial charge is 0.468 e. The van der Waals surface area contributed by atoms with E-state index in [4.69, 9.17) is 5.26 Å². The summed E-state index contributed by atoms with van der Waals surface area (Å²) < 4.78 is 4.49. The Bertz CT molecular complexity index is 370. The van der Waals surface area contributed by atoms with E-state index < -0.39 is 0 Å². The highest BCUT2D eigenvalue weighted by Gasteiger charge is 2.10. The third kappa shape index (κ3) is 3.71. The fraction of sp³-hybridized carbons (Fsp3) is 0.333. The van der Waals surface area contributed by atoms with E-state index in [9.17, 15) is 4.79 Å². The van der Waals surface area contributed by atoms with Gasteiger partial charge in [-0.1, -0.05) is 30.3 Å². The molecule has 0 aromatic heterocycles. The molecule has 1 aromatic carbocycles. The van der Waals surface area contributed by atoms with Gasteiger partial charge in [-0.15, -0.1) is 0 Å². The summed E-state index contributed by atoms with van der Waals surface area (Å²) in [6.45, 7) is 0.567. The minimum Gasteiger partial charge on any atom is -0.468 e. The average molecular weight is 218 g/mol. The van der Waals surface area contributed by atoms with Gasteiger partial charge in [-0.25, -0.2) is 0 Å². The smallest absolute Gasteiger partial charge is 0.319 e. The van der Waals surface area contributed by atoms with Gasteiger partial charge in [-0.05, 0) is 5.56 Å². The Balaban J connectivity index is 2.45. The van der Waals surface area contributed by atoms with Crippen LogP contribution in [0.5, 0.6) is 0 Å². The number of nitriles is 1. The van der Waals surface area contributed by atoms with E-state index in [0.29, 0.717) is 6.54 Å². The normalized spacial score (nSPS) is 11.5. The molecule has 4 heteroatoms. The second-order valence-corrected chi connectivity index (χ2v) is 3.30. The van der Waals surface area contributed by atoms with Crippen LogP contribution in [-0.2, 0) is 9.53 Å². The zero-order valence-corrected chi connectivity index (χ0v) is 9.14. The number of rotatable bonds is 5. The van der Waals surface area contributed by atoms with Gasteiger partial charge in [0.15, 0.2) is 0 Å². The maximum Gasteiger partial charge on any atom is 0.319 e. The number of ether oxygens (including phenoxy) is 1. The molecule has 1 aromatic rings. The molecule has 0 amide bonds. The predicted octanol–water partition coefficient (Wildman–Crippen LogP) is 1.06. The molecule has 0 aliphatic carbocycles. The van der Waals surface area contributed by atoms with E-state index in [-0.39, 0.29) is 18.4 Å². The first-order chi connectivity index (χ1) is 7.77. The summed E-state index contributed by atoms with van der Waals surface area (Å²) in [6.07, 6.45) is 0. The number of nitrogens with zero attached hydrogens (tertiary/aromatic N) is 1. The summed E-state index contributed by atoms with van der Waals surface area (Å²) in [5.74, 6) is -0.574. The quantitative estimate of drug-likeness (QED) is 0.750. The molecule has 0 aliphatic heterocycles. The van der Waals surface area contributed by atoms with E-state index in [1.807, 2.05) is 30.3 Å². The highest BCUT2D eigenvalue weighted by Crippen LogP contribution is 2.12. The topological polar surface area (TPSA) is 62.1 Å². The SMILES string of the molecule is COC(=O)CNCC(C#N)c1ccccc1. The molecule has 0 saturated carbocycles. The first kappa shape index (κ1) is 12.2. The minimum atomic E-state index is -0.329. The number of carbonyl (C=O) groups is 1. The summed E-state index contributed by atoms with van der Waals surface area (Å²) in [6, 6.07) is 11.7. The van der Waals surface area contributed by atoms with Crippen molar-refractivity contribution in [3.8, 4) is 6.07 Å². The third-order valence-corrected chi connectivity index (χ3v) is 2.20. The van der Waals surface area contributed by atoms with Crippen LogP contribution >= 0.6 is 0 Å². The maximum atomic E-state index is 10.9. The van der Waals surface area contributed by atoms with Crippen molar-refractivity contribution in [2.45, 2.75) is 5.92 Å². The monoisotopic (exact) mass is 218 g/mol. The van der Waals surface area contributed by atoms with Crippen molar-refractivity contribution >= 4 is 5.97 Å². The molecule has 0 spiro atoms. The number of hydrogen-bond donors (Lipinski definition) is 1. The van der Waals surface area contributed by atoms with Crippen LogP contribution in [0.25, 0.3) is 0 Å². The Labute approximate surface area is 94.8 Å². The molecule has 4 nitrogen and oxygen atoms in total. The van der Waals surface area contributed by atoms with E-state index in [0.717, 1.165) is 5.56 Å². The highest BCUT2D eigenvalue weighted by molar-refractivity contribution is 5.71. The lowest BCUT2D eigenvalue weighted by molar-refractivity contribution is -0.139. The van der Waals surface area contributed by atoms with Crippen molar-refractivity contribution in [1.82, 2.24) is 5.32 Å². The summed E-state index contributed by atoms with van der Waals surface area (Å²) >= 11 is 0. The molecular weight excluding hydrogens is 204 g/mol. The van der Waals surface area contributed by atoms with Crippen LogP contribution < -0.4 is 5.32 Å². The fourth-order valence-electron chi connectivity index (χ4n) is 1.31. The second-order valence-electron chi connectivity index (χ2n) is 3.30. The van der Waals surface area contributed by atoms with Gasteiger partial charge in [0.05, 0.1) is 25.6 Å². The fourth-order valence-corrected chi connectivity index (χ4v) is 1.31. The van der Waals surface area contributed by atoms with Crippen LogP contribution in [0.4, 0.5) is 0 Å². The molecule has 84 valence electrons. The van der Waals surface area contributed by atoms with Crippen molar-refractivity contribution < 1.29 is 9.53 Å². The predicted molar refractivity (Wildman–Crippen MR) is 59.7 cm³/mol. The lowest BCUT2D eigenvalue weighted by Crippen LogP contribution is -2.27. The van der Waals surface area contributed by atoms with Crippen LogP contribution in [0.3, 0.4) is 0 Å². The first-order valence-corrected chi connectivity index (χ1v) is 5.00. The second kappa shape index (κ2) is 6.59. The zero-order chi connectivity index (χ0) is 11.8. The van der Waals surface area contributed by atoms with Crippen LogP contribution in [0.15, 0.2) is 30.3 Å². The average Bonchev–Trinajstić information content (AvgIpc) is 2.35. The van der Waals surface area contributed by atoms with Crippen LogP contribution in [0.1, 0.15) is 11.5 Å².